The van der Waals surface area contributed by atoms with E-state index in [-0.39, 0.29) is 11.8 Å². The number of hydrogen-bond donors (Lipinski definition) is 0. The molecule has 0 spiro atoms. The van der Waals surface area contributed by atoms with Crippen LogP contribution in [0.2, 0.25) is 19.6 Å². The Labute approximate surface area is 106 Å². The van der Waals surface area contributed by atoms with Gasteiger partial charge in [0.05, 0.1) is 19.2 Å². The molecule has 3 nitrogen and oxygen atoms in total. The number of carbonyl (C=O) groups excluding carboxylic acids is 2. The second-order valence-corrected chi connectivity index (χ2v) is 12.2. The van der Waals surface area contributed by atoms with Crippen molar-refractivity contribution in [2.24, 2.45) is 0 Å². The molecule has 0 saturated heterocycles. The summed E-state index contributed by atoms with van der Waals surface area (Å²) in [6.45, 7) is 6.66. The van der Waals surface area contributed by atoms with Crippen molar-refractivity contribution in [3.05, 3.63) is 35.4 Å². The molecule has 0 saturated carbocycles. The highest BCUT2D eigenvalue weighted by molar-refractivity contribution is 7.99. The van der Waals surface area contributed by atoms with Gasteiger partial charge in [-0.3, -0.25) is 9.59 Å². The van der Waals surface area contributed by atoms with Crippen molar-refractivity contribution in [2.75, 3.05) is 5.38 Å². The lowest BCUT2D eigenvalue weighted by atomic mass is 10.1. The standard InChI is InChI=1S/C12H15NO2SSi/c1-17(2,3)8-16-13-11(14)9-6-4-5-7-10(9)12(13)15/h4-7H,8H2,1-3H3. The lowest BCUT2D eigenvalue weighted by molar-refractivity contribution is 0.0777. The monoisotopic (exact) mass is 265 g/mol. The minimum atomic E-state index is -1.27. The number of carbonyl (C=O) groups is 2. The van der Waals surface area contributed by atoms with Crippen LogP contribution in [-0.2, 0) is 0 Å². The van der Waals surface area contributed by atoms with Gasteiger partial charge in [-0.2, -0.15) is 0 Å². The average molecular weight is 265 g/mol. The first-order valence-electron chi connectivity index (χ1n) is 5.51. The maximum Gasteiger partial charge on any atom is 0.271 e. The van der Waals surface area contributed by atoms with Gasteiger partial charge in [-0.25, -0.2) is 4.31 Å². The fourth-order valence-corrected chi connectivity index (χ4v) is 4.04. The van der Waals surface area contributed by atoms with Crippen molar-refractivity contribution in [1.82, 2.24) is 4.31 Å². The summed E-state index contributed by atoms with van der Waals surface area (Å²) in [7, 11) is -1.27. The maximum absolute atomic E-state index is 12.0. The third-order valence-corrected chi connectivity index (χ3v) is 6.95. The van der Waals surface area contributed by atoms with Crippen molar-refractivity contribution in [3.8, 4) is 0 Å². The molecule has 2 amide bonds. The summed E-state index contributed by atoms with van der Waals surface area (Å²) in [5.74, 6) is -0.345. The number of hydrogen-bond acceptors (Lipinski definition) is 3. The van der Waals surface area contributed by atoms with Crippen LogP contribution in [0.1, 0.15) is 20.7 Å². The Kier molecular flexibility index (Phi) is 3.14. The van der Waals surface area contributed by atoms with Crippen LogP contribution in [0.15, 0.2) is 24.3 Å². The van der Waals surface area contributed by atoms with Crippen LogP contribution in [0.25, 0.3) is 0 Å². The van der Waals surface area contributed by atoms with Gasteiger partial charge in [0.1, 0.15) is 0 Å². The molecule has 1 aromatic carbocycles. The highest BCUT2D eigenvalue weighted by Gasteiger charge is 2.36. The Morgan fingerprint density at radius 1 is 1.06 bits per heavy atom. The first kappa shape index (κ1) is 12.4. The van der Waals surface area contributed by atoms with E-state index >= 15 is 0 Å². The van der Waals surface area contributed by atoms with E-state index in [4.69, 9.17) is 0 Å². The Balaban J connectivity index is 2.19. The lowest BCUT2D eigenvalue weighted by Crippen LogP contribution is -2.30. The van der Waals surface area contributed by atoms with Gasteiger partial charge in [-0.05, 0) is 24.1 Å². The summed E-state index contributed by atoms with van der Waals surface area (Å²) in [6.07, 6.45) is 0. The first-order chi connectivity index (χ1) is 7.90. The molecule has 0 radical (unpaired) electrons. The highest BCUT2D eigenvalue weighted by atomic mass is 32.2. The number of fused-ring (bicyclic) bond motifs is 1. The van der Waals surface area contributed by atoms with Gasteiger partial charge in [-0.1, -0.05) is 31.8 Å². The normalized spacial score (nSPS) is 15.4. The average Bonchev–Trinajstić information content (AvgIpc) is 2.49. The van der Waals surface area contributed by atoms with Crippen LogP contribution in [0, 0.1) is 0 Å². The number of imide groups is 1. The maximum atomic E-state index is 12.0. The third-order valence-electron chi connectivity index (χ3n) is 2.38. The molecule has 1 aliphatic rings. The quantitative estimate of drug-likeness (QED) is 0.479. The van der Waals surface area contributed by atoms with E-state index in [0.717, 1.165) is 5.38 Å². The van der Waals surface area contributed by atoms with Crippen molar-refractivity contribution in [3.63, 3.8) is 0 Å². The first-order valence-corrected chi connectivity index (χ1v) is 10.2. The lowest BCUT2D eigenvalue weighted by Gasteiger charge is -2.19. The number of amides is 2. The van der Waals surface area contributed by atoms with E-state index in [1.54, 1.807) is 24.3 Å². The summed E-state index contributed by atoms with van der Waals surface area (Å²) in [6, 6.07) is 7.00. The molecule has 90 valence electrons. The van der Waals surface area contributed by atoms with E-state index in [9.17, 15) is 9.59 Å². The topological polar surface area (TPSA) is 37.4 Å². The predicted octanol–water partition coefficient (Wildman–Crippen LogP) is 2.81. The molecular formula is C12H15NO2SSi. The largest absolute Gasteiger partial charge is 0.271 e. The molecule has 17 heavy (non-hydrogen) atoms. The Bertz CT molecular complexity index is 447. The van der Waals surface area contributed by atoms with Crippen molar-refractivity contribution >= 4 is 31.8 Å². The summed E-state index contributed by atoms with van der Waals surface area (Å²) < 4.78 is 1.31. The van der Waals surface area contributed by atoms with E-state index in [1.165, 1.54) is 16.3 Å². The third kappa shape index (κ3) is 2.45. The molecule has 1 heterocycles. The molecule has 0 aromatic heterocycles. The molecule has 1 aliphatic heterocycles. The van der Waals surface area contributed by atoms with Gasteiger partial charge in [0.2, 0.25) is 0 Å². The van der Waals surface area contributed by atoms with Gasteiger partial charge < -0.3 is 0 Å². The number of nitrogens with zero attached hydrogens (tertiary/aromatic N) is 1. The second kappa shape index (κ2) is 4.31. The Morgan fingerprint density at radius 2 is 1.53 bits per heavy atom. The fourth-order valence-electron chi connectivity index (χ4n) is 1.54. The van der Waals surface area contributed by atoms with Crippen LogP contribution in [0.4, 0.5) is 0 Å². The smallest absolute Gasteiger partial charge is 0.268 e. The van der Waals surface area contributed by atoms with E-state index < -0.39 is 8.07 Å². The van der Waals surface area contributed by atoms with Crippen molar-refractivity contribution < 1.29 is 9.59 Å². The molecule has 2 rings (SSSR count). The minimum Gasteiger partial charge on any atom is -0.268 e. The summed E-state index contributed by atoms with van der Waals surface area (Å²) in [5, 5.41) is 0.873. The predicted molar refractivity (Wildman–Crippen MR) is 72.7 cm³/mol. The minimum absolute atomic E-state index is 0.172. The van der Waals surface area contributed by atoms with E-state index in [0.29, 0.717) is 11.1 Å². The molecule has 0 unspecified atom stereocenters. The molecule has 0 bridgehead atoms. The van der Waals surface area contributed by atoms with Crippen molar-refractivity contribution in [2.45, 2.75) is 19.6 Å². The summed E-state index contributed by atoms with van der Waals surface area (Å²) in [5.41, 5.74) is 1.06. The highest BCUT2D eigenvalue weighted by Crippen LogP contribution is 2.29. The van der Waals surface area contributed by atoms with Gasteiger partial charge >= 0.3 is 0 Å². The van der Waals surface area contributed by atoms with E-state index in [2.05, 4.69) is 19.6 Å². The summed E-state index contributed by atoms with van der Waals surface area (Å²) >= 11 is 1.36. The number of benzene rings is 1. The molecule has 0 atom stereocenters. The van der Waals surface area contributed by atoms with Crippen LogP contribution >= 0.6 is 11.9 Å². The molecule has 1 aromatic rings. The van der Waals surface area contributed by atoms with Crippen molar-refractivity contribution in [1.29, 1.82) is 0 Å². The second-order valence-electron chi connectivity index (χ2n) is 5.28. The van der Waals surface area contributed by atoms with Gasteiger partial charge in [0.15, 0.2) is 0 Å². The van der Waals surface area contributed by atoms with Gasteiger partial charge in [0, 0.05) is 5.38 Å². The fraction of sp³-hybridized carbons (Fsp3) is 0.333. The van der Waals surface area contributed by atoms with E-state index in [1.807, 2.05) is 0 Å². The molecule has 0 aliphatic carbocycles. The number of rotatable bonds is 3. The van der Waals surface area contributed by atoms with Crippen LogP contribution < -0.4 is 0 Å². The van der Waals surface area contributed by atoms with Gasteiger partial charge in [-0.15, -0.1) is 0 Å². The van der Waals surface area contributed by atoms with Crippen LogP contribution in [0.3, 0.4) is 0 Å². The van der Waals surface area contributed by atoms with Gasteiger partial charge in [0.25, 0.3) is 11.8 Å². The Morgan fingerprint density at radius 3 is 1.94 bits per heavy atom. The zero-order valence-corrected chi connectivity index (χ0v) is 12.0. The molecule has 0 fully saturated rings. The van der Waals surface area contributed by atoms with Crippen LogP contribution in [0.5, 0.6) is 0 Å². The molecule has 5 heteroatoms. The SMILES string of the molecule is C[Si](C)(C)CSN1C(=O)c2ccccc2C1=O. The zero-order chi connectivity index (χ0) is 12.6. The Hall–Kier alpha value is -1.07. The zero-order valence-electron chi connectivity index (χ0n) is 10.2. The van der Waals surface area contributed by atoms with Crippen LogP contribution in [-0.4, -0.2) is 29.6 Å². The summed E-state index contributed by atoms with van der Waals surface area (Å²) in [4.78, 5) is 24.0. The molecule has 0 N–H and O–H groups in total. The molecular weight excluding hydrogens is 250 g/mol.